The molecule has 0 unspecified atom stereocenters. The molecule has 0 saturated carbocycles. The zero-order valence-corrected chi connectivity index (χ0v) is 14.0. The Morgan fingerprint density at radius 2 is 2.05 bits per heavy atom. The van der Waals surface area contributed by atoms with Crippen molar-refractivity contribution in [1.29, 1.82) is 0 Å². The molecule has 4 nitrogen and oxygen atoms in total. The maximum Gasteiger partial charge on any atom is 0.282 e. The molecule has 1 aromatic heterocycles. The molecule has 0 aliphatic carbocycles. The van der Waals surface area contributed by atoms with E-state index in [1.54, 1.807) is 31.3 Å². The lowest BCUT2D eigenvalue weighted by molar-refractivity contribution is 0.771. The van der Waals surface area contributed by atoms with Gasteiger partial charge < -0.3 is 0 Å². The first-order valence-electron chi connectivity index (χ1n) is 6.54. The van der Waals surface area contributed by atoms with Gasteiger partial charge in [-0.15, -0.1) is 0 Å². The first kappa shape index (κ1) is 14.9. The van der Waals surface area contributed by atoms with E-state index in [4.69, 9.17) is 11.6 Å². The number of hydrogen-bond donors (Lipinski definition) is 0. The van der Waals surface area contributed by atoms with Crippen molar-refractivity contribution in [2.75, 3.05) is 0 Å². The topological polar surface area (TPSA) is 47.2 Å². The van der Waals surface area contributed by atoms with Crippen molar-refractivity contribution in [1.82, 2.24) is 9.66 Å². The van der Waals surface area contributed by atoms with Crippen LogP contribution in [0.3, 0.4) is 0 Å². The molecule has 6 heteroatoms. The lowest BCUT2D eigenvalue weighted by Gasteiger charge is -2.06. The molecule has 0 amide bonds. The van der Waals surface area contributed by atoms with Crippen molar-refractivity contribution in [3.05, 3.63) is 73.7 Å². The molecule has 110 valence electrons. The van der Waals surface area contributed by atoms with Gasteiger partial charge >= 0.3 is 0 Å². The minimum absolute atomic E-state index is 0.216. The fourth-order valence-corrected chi connectivity index (χ4v) is 2.64. The molecule has 0 saturated heterocycles. The molecular formula is C16H11BrClN3O. The summed E-state index contributed by atoms with van der Waals surface area (Å²) < 4.78 is 2.10. The standard InChI is InChI=1S/C16H11BrClN3O/c1-10-20-15-7-6-12(17)8-13(15)16(22)21(10)19-9-11-4-2-3-5-14(11)18/h2-9H,1H3/b19-9+. The van der Waals surface area contributed by atoms with Gasteiger partial charge in [0.1, 0.15) is 5.82 Å². The van der Waals surface area contributed by atoms with E-state index in [-0.39, 0.29) is 5.56 Å². The molecule has 0 aliphatic rings. The van der Waals surface area contributed by atoms with E-state index in [1.807, 2.05) is 24.3 Å². The van der Waals surface area contributed by atoms with Crippen LogP contribution in [0.15, 0.2) is 56.8 Å². The molecule has 1 heterocycles. The second-order valence-corrected chi connectivity index (χ2v) is 6.03. The van der Waals surface area contributed by atoms with Crippen LogP contribution in [0.2, 0.25) is 5.02 Å². The summed E-state index contributed by atoms with van der Waals surface area (Å²) in [5.41, 5.74) is 1.17. The molecule has 0 N–H and O–H groups in total. The van der Waals surface area contributed by atoms with Crippen molar-refractivity contribution in [2.45, 2.75) is 6.92 Å². The number of aromatic nitrogens is 2. The van der Waals surface area contributed by atoms with Crippen LogP contribution in [0.4, 0.5) is 0 Å². The summed E-state index contributed by atoms with van der Waals surface area (Å²) in [5.74, 6) is 0.517. The third-order valence-electron chi connectivity index (χ3n) is 3.19. The lowest BCUT2D eigenvalue weighted by Crippen LogP contribution is -2.20. The van der Waals surface area contributed by atoms with Crippen molar-refractivity contribution in [3.8, 4) is 0 Å². The third kappa shape index (κ3) is 2.82. The average Bonchev–Trinajstić information content (AvgIpc) is 2.50. The molecule has 3 rings (SSSR count). The van der Waals surface area contributed by atoms with E-state index in [0.29, 0.717) is 21.7 Å². The number of aryl methyl sites for hydroxylation is 1. The number of halogens is 2. The molecular weight excluding hydrogens is 366 g/mol. The molecule has 3 aromatic rings. The second kappa shape index (κ2) is 6.02. The van der Waals surface area contributed by atoms with Gasteiger partial charge in [0.2, 0.25) is 0 Å². The largest absolute Gasteiger partial charge is 0.282 e. The molecule has 2 aromatic carbocycles. The minimum atomic E-state index is -0.216. The summed E-state index contributed by atoms with van der Waals surface area (Å²) in [5, 5.41) is 5.32. The summed E-state index contributed by atoms with van der Waals surface area (Å²) >= 11 is 9.45. The molecule has 0 bridgehead atoms. The number of fused-ring (bicyclic) bond motifs is 1. The Morgan fingerprint density at radius 1 is 1.27 bits per heavy atom. The van der Waals surface area contributed by atoms with Gasteiger partial charge in [0.25, 0.3) is 5.56 Å². The smallest absolute Gasteiger partial charge is 0.267 e. The predicted molar refractivity (Wildman–Crippen MR) is 92.9 cm³/mol. The van der Waals surface area contributed by atoms with Crippen molar-refractivity contribution < 1.29 is 0 Å². The van der Waals surface area contributed by atoms with Crippen LogP contribution in [0, 0.1) is 6.92 Å². The summed E-state index contributed by atoms with van der Waals surface area (Å²) in [6.45, 7) is 1.74. The maximum atomic E-state index is 12.6. The number of nitrogens with zero attached hydrogens (tertiary/aromatic N) is 3. The average molecular weight is 377 g/mol. The molecule has 0 atom stereocenters. The van der Waals surface area contributed by atoms with Gasteiger partial charge in [-0.25, -0.2) is 4.98 Å². The maximum absolute atomic E-state index is 12.6. The second-order valence-electron chi connectivity index (χ2n) is 4.70. The highest BCUT2D eigenvalue weighted by atomic mass is 79.9. The lowest BCUT2D eigenvalue weighted by atomic mass is 10.2. The van der Waals surface area contributed by atoms with Crippen LogP contribution in [-0.2, 0) is 0 Å². The molecule has 0 spiro atoms. The van der Waals surface area contributed by atoms with Crippen LogP contribution in [0.1, 0.15) is 11.4 Å². The number of rotatable bonds is 2. The molecule has 22 heavy (non-hydrogen) atoms. The van der Waals surface area contributed by atoms with Crippen molar-refractivity contribution in [2.24, 2.45) is 5.10 Å². The van der Waals surface area contributed by atoms with Crippen LogP contribution in [-0.4, -0.2) is 15.9 Å². The van der Waals surface area contributed by atoms with Gasteiger partial charge in [0, 0.05) is 15.1 Å². The summed E-state index contributed by atoms with van der Waals surface area (Å²) in [6, 6.07) is 12.7. The monoisotopic (exact) mass is 375 g/mol. The summed E-state index contributed by atoms with van der Waals surface area (Å²) in [7, 11) is 0. The van der Waals surface area contributed by atoms with Gasteiger partial charge in [-0.3, -0.25) is 4.79 Å². The van der Waals surface area contributed by atoms with Crippen LogP contribution >= 0.6 is 27.5 Å². The Balaban J connectivity index is 2.15. The normalized spacial score (nSPS) is 11.4. The zero-order valence-electron chi connectivity index (χ0n) is 11.6. The fraction of sp³-hybridized carbons (Fsp3) is 0.0625. The molecule has 0 fully saturated rings. The third-order valence-corrected chi connectivity index (χ3v) is 4.03. The summed E-state index contributed by atoms with van der Waals surface area (Å²) in [4.78, 5) is 17.0. The van der Waals surface area contributed by atoms with E-state index >= 15 is 0 Å². The van der Waals surface area contributed by atoms with Gasteiger partial charge in [-0.2, -0.15) is 9.78 Å². The number of hydrogen-bond acceptors (Lipinski definition) is 3. The summed E-state index contributed by atoms with van der Waals surface area (Å²) in [6.07, 6.45) is 1.56. The van der Waals surface area contributed by atoms with E-state index < -0.39 is 0 Å². The first-order chi connectivity index (χ1) is 10.6. The van der Waals surface area contributed by atoms with Crippen LogP contribution < -0.4 is 5.56 Å². The van der Waals surface area contributed by atoms with Crippen molar-refractivity contribution >= 4 is 44.6 Å². The van der Waals surface area contributed by atoms with E-state index in [9.17, 15) is 4.79 Å². The van der Waals surface area contributed by atoms with Gasteiger partial charge in [0.05, 0.1) is 17.1 Å². The highest BCUT2D eigenvalue weighted by Crippen LogP contribution is 2.16. The van der Waals surface area contributed by atoms with E-state index in [2.05, 4.69) is 26.0 Å². The Kier molecular flexibility index (Phi) is 4.09. The van der Waals surface area contributed by atoms with Crippen LogP contribution in [0.5, 0.6) is 0 Å². The fourth-order valence-electron chi connectivity index (χ4n) is 2.10. The Labute approximate surface area is 140 Å². The highest BCUT2D eigenvalue weighted by molar-refractivity contribution is 9.10. The van der Waals surface area contributed by atoms with Crippen molar-refractivity contribution in [3.63, 3.8) is 0 Å². The van der Waals surface area contributed by atoms with Gasteiger partial charge in [0.15, 0.2) is 0 Å². The Bertz CT molecular complexity index is 950. The van der Waals surface area contributed by atoms with Gasteiger partial charge in [-0.1, -0.05) is 45.7 Å². The first-order valence-corrected chi connectivity index (χ1v) is 7.71. The SMILES string of the molecule is Cc1nc2ccc(Br)cc2c(=O)n1/N=C/c1ccccc1Cl. The molecule has 0 radical (unpaired) electrons. The predicted octanol–water partition coefficient (Wildman–Crippen LogP) is 4.00. The molecule has 0 aliphatic heterocycles. The Hall–Kier alpha value is -1.98. The van der Waals surface area contributed by atoms with E-state index in [1.165, 1.54) is 4.68 Å². The highest BCUT2D eigenvalue weighted by Gasteiger charge is 2.07. The Morgan fingerprint density at radius 3 is 2.82 bits per heavy atom. The number of benzene rings is 2. The van der Waals surface area contributed by atoms with Gasteiger partial charge in [-0.05, 0) is 31.2 Å². The van der Waals surface area contributed by atoms with Crippen LogP contribution in [0.25, 0.3) is 10.9 Å². The van der Waals surface area contributed by atoms with E-state index in [0.717, 1.165) is 10.0 Å². The minimum Gasteiger partial charge on any atom is -0.267 e. The zero-order chi connectivity index (χ0) is 15.7. The quantitative estimate of drug-likeness (QED) is 0.635.